The van der Waals surface area contributed by atoms with Gasteiger partial charge in [-0.05, 0) is 25.9 Å². The van der Waals surface area contributed by atoms with Crippen LogP contribution in [0.4, 0.5) is 0 Å². The Hall–Kier alpha value is -1.23. The molecule has 1 rings (SSSR count). The van der Waals surface area contributed by atoms with E-state index in [0.717, 1.165) is 25.3 Å². The van der Waals surface area contributed by atoms with E-state index in [2.05, 4.69) is 29.2 Å². The number of nitrogens with zero attached hydrogens (tertiary/aromatic N) is 3. The molecule has 0 bridgehead atoms. The van der Waals surface area contributed by atoms with Gasteiger partial charge in [0.25, 0.3) is 0 Å². The van der Waals surface area contributed by atoms with E-state index in [-0.39, 0.29) is 5.78 Å². The number of hydrogen-bond acceptors (Lipinski definition) is 4. The standard InChI is InChI=1S/C12H22N4O/c1-10(2)8-16-12(14-9-15-16)7-11(17)5-4-6-13-3/h9-10,13H,4-8H2,1-3H3. The van der Waals surface area contributed by atoms with Gasteiger partial charge in [-0.15, -0.1) is 0 Å². The summed E-state index contributed by atoms with van der Waals surface area (Å²) < 4.78 is 1.83. The number of Topliss-reactive ketones (excluding diaryl/α,β-unsaturated/α-hetero) is 1. The summed E-state index contributed by atoms with van der Waals surface area (Å²) in [5.41, 5.74) is 0. The highest BCUT2D eigenvalue weighted by atomic mass is 16.1. The number of hydrogen-bond donors (Lipinski definition) is 1. The number of aromatic nitrogens is 3. The smallest absolute Gasteiger partial charge is 0.140 e. The summed E-state index contributed by atoms with van der Waals surface area (Å²) in [6.07, 6.45) is 3.41. The first-order valence-electron chi connectivity index (χ1n) is 6.16. The predicted molar refractivity (Wildman–Crippen MR) is 66.7 cm³/mol. The number of carbonyl (C=O) groups excluding carboxylic acids is 1. The van der Waals surface area contributed by atoms with E-state index in [4.69, 9.17) is 0 Å². The highest BCUT2D eigenvalue weighted by Gasteiger charge is 2.10. The molecule has 0 unspecified atom stereocenters. The molecule has 0 amide bonds. The van der Waals surface area contributed by atoms with Gasteiger partial charge in [0.1, 0.15) is 17.9 Å². The normalized spacial score (nSPS) is 11.1. The molecule has 1 aromatic rings. The Kier molecular flexibility index (Phi) is 5.83. The van der Waals surface area contributed by atoms with E-state index in [1.54, 1.807) is 0 Å². The van der Waals surface area contributed by atoms with Gasteiger partial charge in [0, 0.05) is 13.0 Å². The molecule has 0 aliphatic carbocycles. The summed E-state index contributed by atoms with van der Waals surface area (Å²) in [6, 6.07) is 0. The first kappa shape index (κ1) is 13.8. The van der Waals surface area contributed by atoms with Crippen molar-refractivity contribution in [3.63, 3.8) is 0 Å². The van der Waals surface area contributed by atoms with Crippen molar-refractivity contribution in [2.45, 2.75) is 39.7 Å². The van der Waals surface area contributed by atoms with Gasteiger partial charge in [0.2, 0.25) is 0 Å². The molecule has 0 saturated carbocycles. The maximum Gasteiger partial charge on any atom is 0.140 e. The maximum absolute atomic E-state index is 11.7. The van der Waals surface area contributed by atoms with Crippen LogP contribution in [-0.2, 0) is 17.8 Å². The van der Waals surface area contributed by atoms with Crippen LogP contribution in [0.5, 0.6) is 0 Å². The second-order valence-corrected chi connectivity index (χ2v) is 4.67. The third-order valence-electron chi connectivity index (χ3n) is 2.47. The highest BCUT2D eigenvalue weighted by molar-refractivity contribution is 5.80. The zero-order valence-corrected chi connectivity index (χ0v) is 10.9. The van der Waals surface area contributed by atoms with Crippen LogP contribution in [0, 0.1) is 5.92 Å². The van der Waals surface area contributed by atoms with Crippen molar-refractivity contribution in [3.8, 4) is 0 Å². The molecule has 1 heterocycles. The molecule has 0 aromatic carbocycles. The Morgan fingerprint density at radius 2 is 2.29 bits per heavy atom. The predicted octanol–water partition coefficient (Wildman–Crippen LogP) is 1.05. The van der Waals surface area contributed by atoms with Crippen molar-refractivity contribution in [1.29, 1.82) is 0 Å². The van der Waals surface area contributed by atoms with Crippen LogP contribution in [0.1, 0.15) is 32.5 Å². The SMILES string of the molecule is CNCCCC(=O)Cc1ncnn1CC(C)C. The van der Waals surface area contributed by atoms with E-state index in [9.17, 15) is 4.79 Å². The van der Waals surface area contributed by atoms with E-state index in [0.29, 0.717) is 18.8 Å². The molecule has 0 aliphatic rings. The van der Waals surface area contributed by atoms with Gasteiger partial charge >= 0.3 is 0 Å². The van der Waals surface area contributed by atoms with Gasteiger partial charge in [0.15, 0.2) is 0 Å². The van der Waals surface area contributed by atoms with Gasteiger partial charge in [-0.1, -0.05) is 13.8 Å². The fourth-order valence-electron chi connectivity index (χ4n) is 1.65. The van der Waals surface area contributed by atoms with Crippen LogP contribution < -0.4 is 5.32 Å². The highest BCUT2D eigenvalue weighted by Crippen LogP contribution is 2.04. The van der Waals surface area contributed by atoms with Crippen molar-refractivity contribution in [2.24, 2.45) is 5.92 Å². The first-order valence-corrected chi connectivity index (χ1v) is 6.16. The van der Waals surface area contributed by atoms with Crippen LogP contribution >= 0.6 is 0 Å². The third-order valence-corrected chi connectivity index (χ3v) is 2.47. The van der Waals surface area contributed by atoms with Crippen molar-refractivity contribution in [2.75, 3.05) is 13.6 Å². The summed E-state index contributed by atoms with van der Waals surface area (Å²) in [5.74, 6) is 1.53. The molecule has 0 aliphatic heterocycles. The van der Waals surface area contributed by atoms with Crippen molar-refractivity contribution < 1.29 is 4.79 Å². The van der Waals surface area contributed by atoms with Gasteiger partial charge < -0.3 is 5.32 Å². The summed E-state index contributed by atoms with van der Waals surface area (Å²) in [7, 11) is 1.89. The summed E-state index contributed by atoms with van der Waals surface area (Å²) in [4.78, 5) is 15.9. The Morgan fingerprint density at radius 3 is 2.94 bits per heavy atom. The second kappa shape index (κ2) is 7.17. The molecule has 0 saturated heterocycles. The molecular weight excluding hydrogens is 216 g/mol. The lowest BCUT2D eigenvalue weighted by Crippen LogP contribution is -2.15. The lowest BCUT2D eigenvalue weighted by molar-refractivity contribution is -0.118. The van der Waals surface area contributed by atoms with Crippen molar-refractivity contribution in [1.82, 2.24) is 20.1 Å². The third kappa shape index (κ3) is 5.08. The zero-order chi connectivity index (χ0) is 12.7. The minimum atomic E-state index is 0.234. The maximum atomic E-state index is 11.7. The minimum absolute atomic E-state index is 0.234. The van der Waals surface area contributed by atoms with Gasteiger partial charge in [-0.2, -0.15) is 5.10 Å². The average Bonchev–Trinajstić information content (AvgIpc) is 2.65. The van der Waals surface area contributed by atoms with Gasteiger partial charge in [-0.3, -0.25) is 4.79 Å². The topological polar surface area (TPSA) is 59.8 Å². The largest absolute Gasteiger partial charge is 0.320 e. The van der Waals surface area contributed by atoms with Gasteiger partial charge in [-0.25, -0.2) is 9.67 Å². The fraction of sp³-hybridized carbons (Fsp3) is 0.750. The molecule has 0 spiro atoms. The van der Waals surface area contributed by atoms with Gasteiger partial charge in [0.05, 0.1) is 6.42 Å². The van der Waals surface area contributed by atoms with E-state index >= 15 is 0 Å². The number of nitrogens with one attached hydrogen (secondary N) is 1. The van der Waals surface area contributed by atoms with Crippen LogP contribution in [0.15, 0.2) is 6.33 Å². The fourth-order valence-corrected chi connectivity index (χ4v) is 1.65. The second-order valence-electron chi connectivity index (χ2n) is 4.67. The van der Waals surface area contributed by atoms with Crippen LogP contribution in [0.3, 0.4) is 0 Å². The van der Waals surface area contributed by atoms with Crippen molar-refractivity contribution >= 4 is 5.78 Å². The van der Waals surface area contributed by atoms with Crippen LogP contribution in [0.25, 0.3) is 0 Å². The van der Waals surface area contributed by atoms with Crippen LogP contribution in [-0.4, -0.2) is 34.1 Å². The Bertz CT molecular complexity index is 346. The molecule has 96 valence electrons. The molecule has 0 radical (unpaired) electrons. The lowest BCUT2D eigenvalue weighted by Gasteiger charge is -2.07. The van der Waals surface area contributed by atoms with Crippen LogP contribution in [0.2, 0.25) is 0 Å². The average molecular weight is 238 g/mol. The Balaban J connectivity index is 2.44. The quantitative estimate of drug-likeness (QED) is 0.688. The van der Waals surface area contributed by atoms with E-state index in [1.807, 2.05) is 11.7 Å². The first-order chi connectivity index (χ1) is 8.13. The Morgan fingerprint density at radius 1 is 1.53 bits per heavy atom. The monoisotopic (exact) mass is 238 g/mol. The molecular formula is C12H22N4O. The number of carbonyl (C=O) groups is 1. The summed E-state index contributed by atoms with van der Waals surface area (Å²) in [6.45, 7) is 5.95. The molecule has 0 atom stereocenters. The zero-order valence-electron chi connectivity index (χ0n) is 10.9. The summed E-state index contributed by atoms with van der Waals surface area (Å²) in [5, 5.41) is 7.18. The van der Waals surface area contributed by atoms with Crippen molar-refractivity contribution in [3.05, 3.63) is 12.2 Å². The molecule has 17 heavy (non-hydrogen) atoms. The molecule has 1 N–H and O–H groups in total. The number of ketones is 1. The lowest BCUT2D eigenvalue weighted by atomic mass is 10.1. The minimum Gasteiger partial charge on any atom is -0.320 e. The number of rotatable bonds is 8. The molecule has 5 nitrogen and oxygen atoms in total. The molecule has 5 heteroatoms. The van der Waals surface area contributed by atoms with E-state index in [1.165, 1.54) is 6.33 Å². The van der Waals surface area contributed by atoms with E-state index < -0.39 is 0 Å². The Labute approximate surface area is 103 Å². The molecule has 0 fully saturated rings. The summed E-state index contributed by atoms with van der Waals surface area (Å²) >= 11 is 0. The molecule has 1 aromatic heterocycles.